The highest BCUT2D eigenvalue weighted by Crippen LogP contribution is 2.31. The summed E-state index contributed by atoms with van der Waals surface area (Å²) in [5.41, 5.74) is 4.04. The Morgan fingerprint density at radius 3 is 2.76 bits per heavy atom. The van der Waals surface area contributed by atoms with Crippen LogP contribution >= 0.6 is 11.3 Å². The maximum absolute atomic E-state index is 12.5. The highest BCUT2D eigenvalue weighted by molar-refractivity contribution is 7.14. The zero-order valence-electron chi connectivity index (χ0n) is 16.7. The van der Waals surface area contributed by atoms with Crippen molar-refractivity contribution in [2.24, 2.45) is 0 Å². The topological polar surface area (TPSA) is 99.3 Å². The number of rotatable bonds is 7. The number of methoxy groups -OCH3 is 1. The largest absolute Gasteiger partial charge is 0.490 e. The number of nitro benzene ring substituents is 1. The normalized spacial score (nSPS) is 10.8. The third kappa shape index (κ3) is 4.14. The lowest BCUT2D eigenvalue weighted by Crippen LogP contribution is -2.12. The fourth-order valence-corrected chi connectivity index (χ4v) is 3.93. The van der Waals surface area contributed by atoms with E-state index in [4.69, 9.17) is 4.74 Å². The maximum Gasteiger partial charge on any atom is 0.311 e. The van der Waals surface area contributed by atoms with Crippen molar-refractivity contribution in [3.8, 4) is 17.0 Å². The molecule has 2 aromatic heterocycles. The molecule has 8 nitrogen and oxygen atoms in total. The van der Waals surface area contributed by atoms with Crippen molar-refractivity contribution in [3.63, 3.8) is 0 Å². The van der Waals surface area contributed by atoms with Crippen LogP contribution in [0.1, 0.15) is 35.1 Å². The average Bonchev–Trinajstić information content (AvgIpc) is 3.27. The zero-order chi connectivity index (χ0) is 21.1. The Balaban J connectivity index is 1.82. The second kappa shape index (κ2) is 8.44. The summed E-state index contributed by atoms with van der Waals surface area (Å²) < 4.78 is 7.22. The predicted octanol–water partition coefficient (Wildman–Crippen LogP) is 4.81. The first-order valence-electron chi connectivity index (χ1n) is 9.12. The first kappa shape index (κ1) is 20.5. The molecule has 0 radical (unpaired) electrons. The standard InChI is InChI=1S/C20H22N4O4S/c1-5-8-23-12(2)9-15(13(23)3)16-11-29-20(21-16)22-19(25)14-6-7-18(28-4)17(10-14)24(26)27/h6-7,9-11H,5,8H2,1-4H3,(H,21,22,25). The Bertz CT molecular complexity index is 1070. The number of hydrogen-bond donors (Lipinski definition) is 1. The molecule has 1 N–H and O–H groups in total. The zero-order valence-corrected chi connectivity index (χ0v) is 17.5. The number of nitro groups is 1. The predicted molar refractivity (Wildman–Crippen MR) is 113 cm³/mol. The van der Waals surface area contributed by atoms with Crippen molar-refractivity contribution in [2.45, 2.75) is 33.7 Å². The molecule has 3 aromatic rings. The van der Waals surface area contributed by atoms with Crippen molar-refractivity contribution >= 4 is 28.1 Å². The van der Waals surface area contributed by atoms with Gasteiger partial charge in [-0.15, -0.1) is 11.3 Å². The third-order valence-electron chi connectivity index (χ3n) is 4.66. The van der Waals surface area contributed by atoms with Gasteiger partial charge in [0.1, 0.15) is 0 Å². The first-order valence-corrected chi connectivity index (χ1v) is 10.00. The number of carbonyl (C=O) groups excluding carboxylic acids is 1. The number of ether oxygens (including phenoxy) is 1. The number of benzene rings is 1. The Hall–Kier alpha value is -3.20. The Morgan fingerprint density at radius 1 is 1.34 bits per heavy atom. The van der Waals surface area contributed by atoms with Crippen LogP contribution < -0.4 is 10.1 Å². The number of anilines is 1. The highest BCUT2D eigenvalue weighted by Gasteiger charge is 2.19. The molecule has 0 fully saturated rings. The molecule has 9 heteroatoms. The summed E-state index contributed by atoms with van der Waals surface area (Å²) in [5, 5.41) is 16.2. The highest BCUT2D eigenvalue weighted by atomic mass is 32.1. The van der Waals surface area contributed by atoms with E-state index in [2.05, 4.69) is 41.7 Å². The molecule has 0 saturated heterocycles. The van der Waals surface area contributed by atoms with E-state index in [1.54, 1.807) is 0 Å². The number of nitrogens with zero attached hydrogens (tertiary/aromatic N) is 3. The van der Waals surface area contributed by atoms with E-state index in [-0.39, 0.29) is 17.0 Å². The number of carbonyl (C=O) groups is 1. The van der Waals surface area contributed by atoms with E-state index in [1.807, 2.05) is 5.38 Å². The van der Waals surface area contributed by atoms with E-state index < -0.39 is 10.8 Å². The van der Waals surface area contributed by atoms with Crippen LogP contribution in [-0.2, 0) is 6.54 Å². The lowest BCUT2D eigenvalue weighted by molar-refractivity contribution is -0.385. The van der Waals surface area contributed by atoms with Gasteiger partial charge in [0.05, 0.1) is 17.7 Å². The van der Waals surface area contributed by atoms with Crippen LogP contribution in [0, 0.1) is 24.0 Å². The van der Waals surface area contributed by atoms with Crippen LogP contribution in [0.15, 0.2) is 29.6 Å². The van der Waals surface area contributed by atoms with Gasteiger partial charge in [0.2, 0.25) is 0 Å². The van der Waals surface area contributed by atoms with Gasteiger partial charge in [-0.05, 0) is 38.5 Å². The van der Waals surface area contributed by atoms with Gasteiger partial charge in [0.25, 0.3) is 5.91 Å². The summed E-state index contributed by atoms with van der Waals surface area (Å²) >= 11 is 1.31. The van der Waals surface area contributed by atoms with Gasteiger partial charge in [-0.1, -0.05) is 6.92 Å². The minimum absolute atomic E-state index is 0.102. The number of aromatic nitrogens is 2. The van der Waals surface area contributed by atoms with Gasteiger partial charge in [-0.3, -0.25) is 20.2 Å². The van der Waals surface area contributed by atoms with Gasteiger partial charge in [-0.2, -0.15) is 0 Å². The van der Waals surface area contributed by atoms with Crippen LogP contribution in [0.3, 0.4) is 0 Å². The molecule has 0 aliphatic carbocycles. The molecule has 29 heavy (non-hydrogen) atoms. The third-order valence-corrected chi connectivity index (χ3v) is 5.42. The van der Waals surface area contributed by atoms with E-state index in [0.717, 1.165) is 29.9 Å². The molecular formula is C20H22N4O4S. The maximum atomic E-state index is 12.5. The molecule has 0 saturated carbocycles. The number of hydrogen-bond acceptors (Lipinski definition) is 6. The second-order valence-corrected chi connectivity index (χ2v) is 7.43. The molecule has 1 aromatic carbocycles. The van der Waals surface area contributed by atoms with Gasteiger partial charge in [0, 0.05) is 40.5 Å². The van der Waals surface area contributed by atoms with Crippen molar-refractivity contribution in [1.82, 2.24) is 9.55 Å². The summed E-state index contributed by atoms with van der Waals surface area (Å²) in [6.07, 6.45) is 1.04. The summed E-state index contributed by atoms with van der Waals surface area (Å²) in [6.45, 7) is 7.21. The smallest absolute Gasteiger partial charge is 0.311 e. The van der Waals surface area contributed by atoms with Crippen LogP contribution in [-0.4, -0.2) is 27.5 Å². The fourth-order valence-electron chi connectivity index (χ4n) is 3.23. The van der Waals surface area contributed by atoms with Crippen molar-refractivity contribution in [2.75, 3.05) is 12.4 Å². The summed E-state index contributed by atoms with van der Waals surface area (Å²) in [5.74, 6) is -0.362. The van der Waals surface area contributed by atoms with Crippen molar-refractivity contribution < 1.29 is 14.5 Å². The van der Waals surface area contributed by atoms with Gasteiger partial charge < -0.3 is 9.30 Å². The minimum Gasteiger partial charge on any atom is -0.490 e. The van der Waals surface area contributed by atoms with E-state index in [9.17, 15) is 14.9 Å². The van der Waals surface area contributed by atoms with E-state index in [1.165, 1.54) is 42.3 Å². The molecule has 152 valence electrons. The number of thiazole rings is 1. The number of aryl methyl sites for hydroxylation is 1. The molecule has 0 spiro atoms. The minimum atomic E-state index is -0.580. The second-order valence-electron chi connectivity index (χ2n) is 6.57. The molecule has 0 aliphatic rings. The van der Waals surface area contributed by atoms with Crippen LogP contribution in [0.2, 0.25) is 0 Å². The van der Waals surface area contributed by atoms with Gasteiger partial charge in [-0.25, -0.2) is 4.98 Å². The lowest BCUT2D eigenvalue weighted by atomic mass is 10.2. The van der Waals surface area contributed by atoms with E-state index >= 15 is 0 Å². The summed E-state index contributed by atoms with van der Waals surface area (Å²) in [6, 6.07) is 6.18. The number of nitrogens with one attached hydrogen (secondary N) is 1. The van der Waals surface area contributed by atoms with Gasteiger partial charge >= 0.3 is 5.69 Å². The Kier molecular flexibility index (Phi) is 5.97. The fraction of sp³-hybridized carbons (Fsp3) is 0.300. The molecule has 3 rings (SSSR count). The molecule has 2 heterocycles. The Labute approximate surface area is 172 Å². The Morgan fingerprint density at radius 2 is 2.10 bits per heavy atom. The molecular weight excluding hydrogens is 392 g/mol. The van der Waals surface area contributed by atoms with Crippen LogP contribution in [0.4, 0.5) is 10.8 Å². The molecule has 0 atom stereocenters. The molecule has 0 unspecified atom stereocenters. The van der Waals surface area contributed by atoms with Crippen LogP contribution in [0.5, 0.6) is 5.75 Å². The first-order chi connectivity index (χ1) is 13.8. The van der Waals surface area contributed by atoms with Crippen LogP contribution in [0.25, 0.3) is 11.3 Å². The summed E-state index contributed by atoms with van der Waals surface area (Å²) in [4.78, 5) is 27.6. The number of amides is 1. The average molecular weight is 414 g/mol. The van der Waals surface area contributed by atoms with Gasteiger partial charge in [0.15, 0.2) is 10.9 Å². The molecule has 1 amide bonds. The quantitative estimate of drug-likeness (QED) is 0.442. The monoisotopic (exact) mass is 414 g/mol. The summed E-state index contributed by atoms with van der Waals surface area (Å²) in [7, 11) is 1.34. The van der Waals surface area contributed by atoms with Crippen molar-refractivity contribution in [3.05, 3.63) is 56.7 Å². The lowest BCUT2D eigenvalue weighted by Gasteiger charge is -2.07. The van der Waals surface area contributed by atoms with E-state index in [0.29, 0.717) is 5.13 Å². The molecule has 0 aliphatic heterocycles. The van der Waals surface area contributed by atoms with Crippen molar-refractivity contribution in [1.29, 1.82) is 0 Å². The SMILES string of the molecule is CCCn1c(C)cc(-c2csc(NC(=O)c3ccc(OC)c([N+](=O)[O-])c3)n2)c1C. The molecule has 0 bridgehead atoms.